The third kappa shape index (κ3) is 3.46. The fraction of sp³-hybridized carbons (Fsp3) is 0.368. The number of hydrogen-bond acceptors (Lipinski definition) is 3. The smallest absolute Gasteiger partial charge is 0.0476 e. The summed E-state index contributed by atoms with van der Waals surface area (Å²) in [5.74, 6) is 0.470. The van der Waals surface area contributed by atoms with Gasteiger partial charge in [0.05, 0.1) is 0 Å². The fourth-order valence-corrected chi connectivity index (χ4v) is 3.93. The van der Waals surface area contributed by atoms with E-state index in [0.717, 1.165) is 26.2 Å². The maximum absolute atomic E-state index is 5.87. The Morgan fingerprint density at radius 3 is 2.58 bits per heavy atom. The van der Waals surface area contributed by atoms with E-state index in [1.165, 1.54) is 22.3 Å². The van der Waals surface area contributed by atoms with E-state index in [9.17, 15) is 0 Å². The van der Waals surface area contributed by atoms with Crippen LogP contribution in [0.2, 0.25) is 0 Å². The molecular weight excluding hydrogens is 341 g/mol. The largest absolute Gasteiger partial charge is 0.326 e. The van der Waals surface area contributed by atoms with E-state index in [1.54, 1.807) is 0 Å². The molecule has 4 rings (SSSR count). The Labute approximate surface area is 156 Å². The molecule has 0 aliphatic carbocycles. The molecule has 3 nitrogen and oxygen atoms in total. The van der Waals surface area contributed by atoms with Crippen molar-refractivity contribution in [3.8, 4) is 0 Å². The Bertz CT molecular complexity index is 663. The lowest BCUT2D eigenvalue weighted by atomic mass is 9.80. The van der Waals surface area contributed by atoms with Crippen molar-refractivity contribution >= 4 is 24.8 Å². The van der Waals surface area contributed by atoms with E-state index in [-0.39, 0.29) is 24.8 Å². The van der Waals surface area contributed by atoms with Crippen LogP contribution in [0.4, 0.5) is 0 Å². The minimum Gasteiger partial charge on any atom is -0.326 e. The number of nitrogens with one attached hydrogen (secondary N) is 1. The highest BCUT2D eigenvalue weighted by Crippen LogP contribution is 2.40. The third-order valence-electron chi connectivity index (χ3n) is 5.09. The molecule has 130 valence electrons. The second-order valence-corrected chi connectivity index (χ2v) is 6.35. The summed E-state index contributed by atoms with van der Waals surface area (Å²) in [5.41, 5.74) is 11.5. The Morgan fingerprint density at radius 1 is 1.04 bits per heavy atom. The first kappa shape index (κ1) is 19.2. The number of nitrogens with two attached hydrogens (primary N) is 1. The van der Waals surface area contributed by atoms with Crippen LogP contribution in [0, 0.1) is 0 Å². The van der Waals surface area contributed by atoms with Gasteiger partial charge in [0.25, 0.3) is 0 Å². The van der Waals surface area contributed by atoms with Crippen LogP contribution < -0.4 is 11.1 Å². The van der Waals surface area contributed by atoms with Crippen molar-refractivity contribution in [1.82, 2.24) is 10.2 Å². The molecule has 0 radical (unpaired) electrons. The third-order valence-corrected chi connectivity index (χ3v) is 5.09. The molecule has 2 aromatic rings. The van der Waals surface area contributed by atoms with Crippen LogP contribution in [0.3, 0.4) is 0 Å². The maximum Gasteiger partial charge on any atom is 0.0476 e. The highest BCUT2D eigenvalue weighted by molar-refractivity contribution is 5.85. The van der Waals surface area contributed by atoms with Crippen LogP contribution in [-0.4, -0.2) is 31.1 Å². The summed E-state index contributed by atoms with van der Waals surface area (Å²) < 4.78 is 0. The molecule has 0 spiro atoms. The van der Waals surface area contributed by atoms with Gasteiger partial charge in [0, 0.05) is 44.7 Å². The van der Waals surface area contributed by atoms with Gasteiger partial charge < -0.3 is 11.1 Å². The molecule has 0 amide bonds. The number of rotatable bonds is 2. The van der Waals surface area contributed by atoms with Crippen molar-refractivity contribution in [2.45, 2.75) is 18.5 Å². The summed E-state index contributed by atoms with van der Waals surface area (Å²) in [7, 11) is 0. The van der Waals surface area contributed by atoms with Gasteiger partial charge in [-0.1, -0.05) is 48.5 Å². The monoisotopic (exact) mass is 365 g/mol. The van der Waals surface area contributed by atoms with Crippen molar-refractivity contribution in [3.05, 3.63) is 70.8 Å². The molecule has 0 saturated carbocycles. The number of hydrogen-bond donors (Lipinski definition) is 2. The van der Waals surface area contributed by atoms with Crippen molar-refractivity contribution in [3.63, 3.8) is 0 Å². The lowest BCUT2D eigenvalue weighted by Gasteiger charge is -2.44. The Hall–Kier alpha value is -1.10. The van der Waals surface area contributed by atoms with Gasteiger partial charge in [-0.15, -0.1) is 24.8 Å². The molecule has 2 aliphatic heterocycles. The molecule has 0 unspecified atom stereocenters. The first-order valence-electron chi connectivity index (χ1n) is 8.19. The molecule has 0 aromatic heterocycles. The summed E-state index contributed by atoms with van der Waals surface area (Å²) in [6.07, 6.45) is 0. The number of piperazine rings is 1. The highest BCUT2D eigenvalue weighted by atomic mass is 35.5. The number of halogens is 2. The predicted octanol–water partition coefficient (Wildman–Crippen LogP) is 3.08. The number of nitrogens with zero attached hydrogens (tertiary/aromatic N) is 1. The van der Waals surface area contributed by atoms with Gasteiger partial charge in [0.1, 0.15) is 0 Å². The normalized spacial score (nSPS) is 22.5. The standard InChI is InChI=1S/C19H23N3.2ClH/c20-11-14-6-7-16-17(10-14)19-12-21-8-9-22(19)13-18(16)15-4-2-1-3-5-15;;/h1-7,10,18-19,21H,8-9,11-13,20H2;2*1H/t18-,19-;;/m1../s1. The lowest BCUT2D eigenvalue weighted by Crippen LogP contribution is -2.50. The predicted molar refractivity (Wildman–Crippen MR) is 104 cm³/mol. The zero-order chi connectivity index (χ0) is 14.9. The zero-order valence-electron chi connectivity index (χ0n) is 13.7. The van der Waals surface area contributed by atoms with Crippen LogP contribution in [0.5, 0.6) is 0 Å². The van der Waals surface area contributed by atoms with E-state index >= 15 is 0 Å². The Morgan fingerprint density at radius 2 is 1.83 bits per heavy atom. The minimum absolute atomic E-state index is 0. The second-order valence-electron chi connectivity index (χ2n) is 6.35. The molecule has 2 heterocycles. The van der Waals surface area contributed by atoms with Crippen molar-refractivity contribution < 1.29 is 0 Å². The van der Waals surface area contributed by atoms with E-state index in [0.29, 0.717) is 18.5 Å². The molecule has 1 fully saturated rings. The summed E-state index contributed by atoms with van der Waals surface area (Å²) in [4.78, 5) is 2.64. The van der Waals surface area contributed by atoms with Crippen LogP contribution >= 0.6 is 24.8 Å². The summed E-state index contributed by atoms with van der Waals surface area (Å²) in [6, 6.07) is 18.2. The molecule has 1 saturated heterocycles. The van der Waals surface area contributed by atoms with Gasteiger partial charge >= 0.3 is 0 Å². The van der Waals surface area contributed by atoms with Gasteiger partial charge in [-0.25, -0.2) is 0 Å². The fourth-order valence-electron chi connectivity index (χ4n) is 3.93. The molecule has 2 aromatic carbocycles. The average molecular weight is 366 g/mol. The molecule has 24 heavy (non-hydrogen) atoms. The number of fused-ring (bicyclic) bond motifs is 3. The number of benzene rings is 2. The van der Waals surface area contributed by atoms with Gasteiger partial charge in [-0.05, 0) is 22.3 Å². The van der Waals surface area contributed by atoms with Crippen LogP contribution in [0.1, 0.15) is 34.2 Å². The van der Waals surface area contributed by atoms with E-state index in [4.69, 9.17) is 5.73 Å². The van der Waals surface area contributed by atoms with Crippen molar-refractivity contribution in [1.29, 1.82) is 0 Å². The summed E-state index contributed by atoms with van der Waals surface area (Å²) in [6.45, 7) is 4.99. The quantitative estimate of drug-likeness (QED) is 0.858. The topological polar surface area (TPSA) is 41.3 Å². The van der Waals surface area contributed by atoms with Crippen LogP contribution in [-0.2, 0) is 6.54 Å². The van der Waals surface area contributed by atoms with Gasteiger partial charge in [0.15, 0.2) is 0 Å². The molecule has 0 bridgehead atoms. The molecule has 2 atom stereocenters. The minimum atomic E-state index is 0. The van der Waals surface area contributed by atoms with Crippen LogP contribution in [0.15, 0.2) is 48.5 Å². The molecule has 5 heteroatoms. The molecule has 3 N–H and O–H groups in total. The van der Waals surface area contributed by atoms with Gasteiger partial charge in [-0.2, -0.15) is 0 Å². The first-order valence-corrected chi connectivity index (χ1v) is 8.19. The zero-order valence-corrected chi connectivity index (χ0v) is 15.3. The van der Waals surface area contributed by atoms with E-state index in [2.05, 4.69) is 58.7 Å². The summed E-state index contributed by atoms with van der Waals surface area (Å²) >= 11 is 0. The molecule has 2 aliphatic rings. The van der Waals surface area contributed by atoms with Gasteiger partial charge in [0.2, 0.25) is 0 Å². The Kier molecular flexibility index (Phi) is 6.67. The van der Waals surface area contributed by atoms with E-state index in [1.807, 2.05) is 0 Å². The van der Waals surface area contributed by atoms with Crippen molar-refractivity contribution in [2.24, 2.45) is 5.73 Å². The Balaban J connectivity index is 0.00000104. The SMILES string of the molecule is Cl.Cl.NCc1ccc2c(c1)[C@H]1CNCCN1C[C@@H]2c1ccccc1. The van der Waals surface area contributed by atoms with Crippen molar-refractivity contribution in [2.75, 3.05) is 26.2 Å². The lowest BCUT2D eigenvalue weighted by molar-refractivity contribution is 0.143. The first-order chi connectivity index (χ1) is 10.9. The highest BCUT2D eigenvalue weighted by Gasteiger charge is 2.35. The van der Waals surface area contributed by atoms with E-state index < -0.39 is 0 Å². The second kappa shape index (κ2) is 8.32. The van der Waals surface area contributed by atoms with Crippen LogP contribution in [0.25, 0.3) is 0 Å². The van der Waals surface area contributed by atoms with Gasteiger partial charge in [-0.3, -0.25) is 4.90 Å². The average Bonchev–Trinajstić information content (AvgIpc) is 2.61. The molecular formula is C19H25Cl2N3. The maximum atomic E-state index is 5.87. The summed E-state index contributed by atoms with van der Waals surface area (Å²) in [5, 5.41) is 3.54.